The number of methoxy groups -OCH3 is 1. The van der Waals surface area contributed by atoms with Crippen LogP contribution < -0.4 is 25.8 Å². The Morgan fingerprint density at radius 2 is 2.06 bits per heavy atom. The van der Waals surface area contributed by atoms with Crippen molar-refractivity contribution < 1.29 is 14.3 Å². The highest BCUT2D eigenvalue weighted by atomic mass is 16.5. The van der Waals surface area contributed by atoms with Crippen molar-refractivity contribution >= 4 is 22.6 Å². The molecule has 0 radical (unpaired) electrons. The molecule has 1 fully saturated rings. The maximum Gasteiger partial charge on any atom is 0.263 e. The van der Waals surface area contributed by atoms with Crippen molar-refractivity contribution in [3.8, 4) is 11.5 Å². The first-order valence-corrected chi connectivity index (χ1v) is 11.9. The zero-order valence-electron chi connectivity index (χ0n) is 19.4. The van der Waals surface area contributed by atoms with Gasteiger partial charge >= 0.3 is 0 Å². The molecule has 34 heavy (non-hydrogen) atoms. The van der Waals surface area contributed by atoms with Crippen LogP contribution in [0.25, 0.3) is 10.9 Å². The summed E-state index contributed by atoms with van der Waals surface area (Å²) >= 11 is 0. The predicted molar refractivity (Wildman–Crippen MR) is 131 cm³/mol. The molecule has 1 unspecified atom stereocenters. The summed E-state index contributed by atoms with van der Waals surface area (Å²) in [5.41, 5.74) is 9.67. The van der Waals surface area contributed by atoms with Crippen LogP contribution in [0.4, 0.5) is 5.82 Å². The van der Waals surface area contributed by atoms with E-state index >= 15 is 0 Å². The van der Waals surface area contributed by atoms with Crippen molar-refractivity contribution in [2.24, 2.45) is 11.7 Å². The maximum absolute atomic E-state index is 11.5. The molecular formula is C26H31N5O3. The van der Waals surface area contributed by atoms with Gasteiger partial charge in [0.1, 0.15) is 5.75 Å². The number of rotatable bonds is 7. The summed E-state index contributed by atoms with van der Waals surface area (Å²) in [6, 6.07) is 12.2. The van der Waals surface area contributed by atoms with Crippen LogP contribution in [0.5, 0.6) is 11.5 Å². The first-order valence-electron chi connectivity index (χ1n) is 11.9. The van der Waals surface area contributed by atoms with Gasteiger partial charge in [0.25, 0.3) is 5.91 Å². The van der Waals surface area contributed by atoms with Gasteiger partial charge in [-0.05, 0) is 80.0 Å². The normalized spacial score (nSPS) is 20.8. The number of nitrogens with two attached hydrogens (primary N) is 1. The number of nitrogens with one attached hydrogen (secondary N) is 2. The standard InChI is InChI=1S/C26H31N5O3/c1-33-19-7-8-23-21(13-19)20(10-11-28-23)22(27)12-16-2-4-17(5-3-16)29-14-18-6-9-24-26(30-18)31-25(32)15-34-24/h6-11,13,16-17,22,29H,2-5,12,14-15,27H2,1H3,(H,30,31,32). The number of fused-ring (bicyclic) bond motifs is 2. The zero-order valence-corrected chi connectivity index (χ0v) is 19.4. The molecule has 0 saturated heterocycles. The van der Waals surface area contributed by atoms with Gasteiger partial charge < -0.3 is 25.8 Å². The molecule has 4 N–H and O–H groups in total. The third-order valence-electron chi connectivity index (χ3n) is 6.92. The van der Waals surface area contributed by atoms with Crippen molar-refractivity contribution in [1.82, 2.24) is 15.3 Å². The van der Waals surface area contributed by atoms with E-state index in [9.17, 15) is 4.79 Å². The fourth-order valence-corrected chi connectivity index (χ4v) is 5.04. The van der Waals surface area contributed by atoms with E-state index in [1.54, 1.807) is 7.11 Å². The summed E-state index contributed by atoms with van der Waals surface area (Å²) in [6.45, 7) is 0.716. The molecule has 1 amide bonds. The lowest BCUT2D eigenvalue weighted by Crippen LogP contribution is -2.34. The molecule has 1 aromatic carbocycles. The van der Waals surface area contributed by atoms with Gasteiger partial charge in [-0.15, -0.1) is 0 Å². The largest absolute Gasteiger partial charge is 0.497 e. The Balaban J connectivity index is 1.14. The zero-order chi connectivity index (χ0) is 23.5. The Bertz CT molecular complexity index is 1180. The fourth-order valence-electron chi connectivity index (χ4n) is 5.04. The lowest BCUT2D eigenvalue weighted by molar-refractivity contribution is -0.118. The van der Waals surface area contributed by atoms with E-state index in [0.29, 0.717) is 30.1 Å². The Labute approximate surface area is 199 Å². The lowest BCUT2D eigenvalue weighted by Gasteiger charge is -2.31. The number of hydrogen-bond acceptors (Lipinski definition) is 7. The average molecular weight is 462 g/mol. The number of benzene rings is 1. The minimum Gasteiger partial charge on any atom is -0.497 e. The summed E-state index contributed by atoms with van der Waals surface area (Å²) < 4.78 is 10.8. The van der Waals surface area contributed by atoms with E-state index < -0.39 is 0 Å². The molecule has 5 rings (SSSR count). The van der Waals surface area contributed by atoms with E-state index in [-0.39, 0.29) is 18.6 Å². The Kier molecular flexibility index (Phi) is 6.60. The van der Waals surface area contributed by atoms with E-state index in [2.05, 4.69) is 20.6 Å². The van der Waals surface area contributed by atoms with Crippen LogP contribution >= 0.6 is 0 Å². The second kappa shape index (κ2) is 9.95. The molecule has 3 heterocycles. The van der Waals surface area contributed by atoms with Gasteiger partial charge in [-0.1, -0.05) is 0 Å². The molecule has 1 atom stereocenters. The molecule has 3 aromatic rings. The van der Waals surface area contributed by atoms with Gasteiger partial charge in [-0.25, -0.2) is 4.98 Å². The van der Waals surface area contributed by atoms with Crippen LogP contribution in [0.3, 0.4) is 0 Å². The highest BCUT2D eigenvalue weighted by molar-refractivity contribution is 5.94. The Hall–Kier alpha value is -3.23. The Morgan fingerprint density at radius 3 is 2.88 bits per heavy atom. The monoisotopic (exact) mass is 461 g/mol. The number of aromatic nitrogens is 2. The van der Waals surface area contributed by atoms with E-state index in [0.717, 1.165) is 60.0 Å². The number of ether oxygens (including phenoxy) is 2. The van der Waals surface area contributed by atoms with Crippen molar-refractivity contribution in [1.29, 1.82) is 0 Å². The smallest absolute Gasteiger partial charge is 0.263 e. The average Bonchev–Trinajstić information content (AvgIpc) is 2.87. The van der Waals surface area contributed by atoms with E-state index in [1.807, 2.05) is 42.6 Å². The quantitative estimate of drug-likeness (QED) is 0.492. The number of carbonyl (C=O) groups is 1. The third-order valence-corrected chi connectivity index (χ3v) is 6.92. The second-order valence-corrected chi connectivity index (χ2v) is 9.21. The van der Waals surface area contributed by atoms with Gasteiger partial charge in [-0.3, -0.25) is 9.78 Å². The van der Waals surface area contributed by atoms with Crippen LogP contribution in [0.2, 0.25) is 0 Å². The van der Waals surface area contributed by atoms with E-state index in [1.165, 1.54) is 0 Å². The van der Waals surface area contributed by atoms with Crippen molar-refractivity contribution in [3.63, 3.8) is 0 Å². The first-order chi connectivity index (χ1) is 16.6. The molecule has 0 spiro atoms. The summed E-state index contributed by atoms with van der Waals surface area (Å²) in [6.07, 6.45) is 7.35. The summed E-state index contributed by atoms with van der Waals surface area (Å²) in [5, 5.41) is 7.47. The molecule has 2 aromatic heterocycles. The first kappa shape index (κ1) is 22.6. The minimum atomic E-state index is -0.166. The maximum atomic E-state index is 11.5. The second-order valence-electron chi connectivity index (χ2n) is 9.21. The van der Waals surface area contributed by atoms with Crippen molar-refractivity contribution in [3.05, 3.63) is 53.9 Å². The summed E-state index contributed by atoms with van der Waals surface area (Å²) in [5.74, 6) is 2.40. The number of nitrogens with zero attached hydrogens (tertiary/aromatic N) is 2. The number of pyridine rings is 2. The Morgan fingerprint density at radius 1 is 1.21 bits per heavy atom. The number of anilines is 1. The van der Waals surface area contributed by atoms with E-state index in [4.69, 9.17) is 15.2 Å². The van der Waals surface area contributed by atoms with Gasteiger partial charge in [0, 0.05) is 30.2 Å². The fraction of sp³-hybridized carbons (Fsp3) is 0.423. The van der Waals surface area contributed by atoms with Crippen LogP contribution in [0.15, 0.2) is 42.6 Å². The van der Waals surface area contributed by atoms with Crippen LogP contribution in [-0.2, 0) is 11.3 Å². The molecule has 178 valence electrons. The SMILES string of the molecule is COc1ccc2nccc(C(N)CC3CCC(NCc4ccc5c(n4)NC(=O)CO5)CC3)c2c1. The molecule has 0 bridgehead atoms. The minimum absolute atomic E-state index is 0.0239. The molecule has 1 saturated carbocycles. The van der Waals surface area contributed by atoms with Crippen LogP contribution in [0.1, 0.15) is 49.4 Å². The van der Waals surface area contributed by atoms with Gasteiger partial charge in [0.2, 0.25) is 0 Å². The third kappa shape index (κ3) is 4.98. The van der Waals surface area contributed by atoms with Gasteiger partial charge in [0.05, 0.1) is 18.3 Å². The van der Waals surface area contributed by atoms with Gasteiger partial charge in [-0.2, -0.15) is 0 Å². The molecule has 8 heteroatoms. The number of carbonyl (C=O) groups excluding carboxylic acids is 1. The summed E-state index contributed by atoms with van der Waals surface area (Å²) in [7, 11) is 1.68. The summed E-state index contributed by atoms with van der Waals surface area (Å²) in [4.78, 5) is 20.5. The van der Waals surface area contributed by atoms with Crippen molar-refractivity contribution in [2.75, 3.05) is 19.0 Å². The molecule has 1 aliphatic carbocycles. The topological polar surface area (TPSA) is 111 Å². The number of amides is 1. The van der Waals surface area contributed by atoms with Crippen LogP contribution in [-0.4, -0.2) is 35.6 Å². The number of hydrogen-bond donors (Lipinski definition) is 3. The molecule has 8 nitrogen and oxygen atoms in total. The highest BCUT2D eigenvalue weighted by Crippen LogP contribution is 2.34. The lowest BCUT2D eigenvalue weighted by atomic mass is 9.81. The molecule has 2 aliphatic rings. The highest BCUT2D eigenvalue weighted by Gasteiger charge is 2.24. The predicted octanol–water partition coefficient (Wildman–Crippen LogP) is 3.71. The molecule has 1 aliphatic heterocycles. The van der Waals surface area contributed by atoms with Crippen LogP contribution in [0, 0.1) is 5.92 Å². The van der Waals surface area contributed by atoms with Gasteiger partial charge in [0.15, 0.2) is 18.2 Å². The molecular weight excluding hydrogens is 430 g/mol. The van der Waals surface area contributed by atoms with Crippen molar-refractivity contribution in [2.45, 2.75) is 50.7 Å².